The van der Waals surface area contributed by atoms with Crippen LogP contribution in [-0.2, 0) is 10.2 Å². The van der Waals surface area contributed by atoms with Crippen LogP contribution in [-0.4, -0.2) is 116 Å². The van der Waals surface area contributed by atoms with Gasteiger partial charge in [-0.2, -0.15) is 0 Å². The van der Waals surface area contributed by atoms with E-state index in [0.29, 0.717) is 11.3 Å². The number of rotatable bonds is 15. The Bertz CT molecular complexity index is 989. The van der Waals surface area contributed by atoms with Gasteiger partial charge in [0.25, 0.3) is 0 Å². The number of likely N-dealkylation sites (tertiary alicyclic amines) is 2. The van der Waals surface area contributed by atoms with Gasteiger partial charge < -0.3 is 24.2 Å². The van der Waals surface area contributed by atoms with Crippen molar-refractivity contribution in [3.05, 3.63) is 29.8 Å². The molecule has 3 saturated heterocycles. The van der Waals surface area contributed by atoms with Gasteiger partial charge in [-0.25, -0.2) is 0 Å². The molecule has 3 aliphatic rings. The van der Waals surface area contributed by atoms with Crippen LogP contribution in [0.2, 0.25) is 0 Å². The molecule has 4 rings (SSSR count). The Kier molecular flexibility index (Phi) is 11.9. The minimum absolute atomic E-state index is 0.129. The van der Waals surface area contributed by atoms with Crippen LogP contribution in [0.4, 0.5) is 0 Å². The summed E-state index contributed by atoms with van der Waals surface area (Å²) in [6.07, 6.45) is 3.72. The van der Waals surface area contributed by atoms with Crippen molar-refractivity contribution in [2.75, 3.05) is 85.2 Å². The van der Waals surface area contributed by atoms with Crippen LogP contribution < -0.4 is 4.74 Å². The Balaban J connectivity index is 1.05. The van der Waals surface area contributed by atoms with Crippen LogP contribution in [0.1, 0.15) is 94.1 Å². The van der Waals surface area contributed by atoms with E-state index in [1.54, 1.807) is 0 Å². The second-order valence-electron chi connectivity index (χ2n) is 17.9. The lowest BCUT2D eigenvalue weighted by atomic mass is 9.87. The summed E-state index contributed by atoms with van der Waals surface area (Å²) in [7, 11) is 0. The molecule has 0 aromatic heterocycles. The van der Waals surface area contributed by atoms with Gasteiger partial charge in [-0.05, 0) is 87.9 Å². The van der Waals surface area contributed by atoms with Crippen LogP contribution in [0.3, 0.4) is 0 Å². The number of nitrogens with zero attached hydrogens (tertiary/aromatic N) is 4. The maximum Gasteiger partial charge on any atom is 0.119 e. The van der Waals surface area contributed by atoms with Gasteiger partial charge in [0, 0.05) is 76.9 Å². The minimum atomic E-state index is -0.129. The highest BCUT2D eigenvalue weighted by Crippen LogP contribution is 2.31. The predicted molar refractivity (Wildman–Crippen MR) is 186 cm³/mol. The third kappa shape index (κ3) is 11.3. The van der Waals surface area contributed by atoms with Crippen LogP contribution in [0.25, 0.3) is 0 Å². The Hall–Kier alpha value is -1.18. The van der Waals surface area contributed by atoms with Crippen molar-refractivity contribution in [1.82, 2.24) is 19.6 Å². The molecular formula is C38H68N4O2. The van der Waals surface area contributed by atoms with Gasteiger partial charge in [0.1, 0.15) is 5.75 Å². The molecule has 3 heterocycles. The van der Waals surface area contributed by atoms with E-state index in [2.05, 4.69) is 113 Å². The highest BCUT2D eigenvalue weighted by molar-refractivity contribution is 5.31. The molecule has 1 aromatic rings. The van der Waals surface area contributed by atoms with Crippen molar-refractivity contribution >= 4 is 0 Å². The molecule has 1 aromatic carbocycles. The number of hydrogen-bond acceptors (Lipinski definition) is 6. The summed E-state index contributed by atoms with van der Waals surface area (Å²) in [6.45, 7) is 38.0. The van der Waals surface area contributed by atoms with Crippen LogP contribution in [0.5, 0.6) is 5.75 Å². The largest absolute Gasteiger partial charge is 0.493 e. The SMILES string of the molecule is CC(C)(C)CCCN1CC(CN2CCN(C(C)(C)CC(C)(C)OCCN3CC(COc4ccc(C(C)(C)C)cc4)C3)CC2)C1. The van der Waals surface area contributed by atoms with Crippen molar-refractivity contribution < 1.29 is 9.47 Å². The van der Waals surface area contributed by atoms with Crippen LogP contribution >= 0.6 is 0 Å². The van der Waals surface area contributed by atoms with Gasteiger partial charge in [-0.15, -0.1) is 0 Å². The second kappa shape index (κ2) is 14.7. The third-order valence-corrected chi connectivity index (χ3v) is 10.2. The van der Waals surface area contributed by atoms with Crippen molar-refractivity contribution in [2.24, 2.45) is 17.3 Å². The summed E-state index contributed by atoms with van der Waals surface area (Å²) in [5.41, 5.74) is 2.00. The summed E-state index contributed by atoms with van der Waals surface area (Å²) in [5, 5.41) is 0. The standard InChI is InChI=1S/C38H68N4O2/c1-35(2,3)16-11-17-40-25-31(26-40)24-39-18-20-42(21-19-39)37(7,8)30-38(9,10)44-23-22-41-27-32(28-41)29-43-34-14-12-33(13-15-34)36(4,5)6/h12-15,31-32H,11,16-30H2,1-10H3. The Labute approximate surface area is 271 Å². The van der Waals surface area contributed by atoms with E-state index in [9.17, 15) is 0 Å². The summed E-state index contributed by atoms with van der Waals surface area (Å²) < 4.78 is 12.6. The number of hydrogen-bond donors (Lipinski definition) is 0. The minimum Gasteiger partial charge on any atom is -0.493 e. The molecule has 6 nitrogen and oxygen atoms in total. The molecule has 3 aliphatic heterocycles. The summed E-state index contributed by atoms with van der Waals surface area (Å²) in [5.74, 6) is 2.47. The first kappa shape index (κ1) is 35.7. The monoisotopic (exact) mass is 613 g/mol. The highest BCUT2D eigenvalue weighted by atomic mass is 16.5. The Morgan fingerprint density at radius 3 is 1.89 bits per heavy atom. The first-order valence-corrected chi connectivity index (χ1v) is 17.8. The lowest BCUT2D eigenvalue weighted by Crippen LogP contribution is -2.59. The zero-order valence-electron chi connectivity index (χ0n) is 30.4. The van der Waals surface area contributed by atoms with E-state index in [1.807, 2.05) is 0 Å². The first-order chi connectivity index (χ1) is 20.5. The molecule has 252 valence electrons. The molecule has 0 bridgehead atoms. The molecule has 0 radical (unpaired) electrons. The van der Waals surface area contributed by atoms with E-state index in [1.165, 1.54) is 70.8 Å². The lowest BCUT2D eigenvalue weighted by Gasteiger charge is -2.48. The summed E-state index contributed by atoms with van der Waals surface area (Å²) in [4.78, 5) is 10.6. The van der Waals surface area contributed by atoms with Crippen molar-refractivity contribution in [1.29, 1.82) is 0 Å². The molecule has 3 fully saturated rings. The Morgan fingerprint density at radius 2 is 1.30 bits per heavy atom. The predicted octanol–water partition coefficient (Wildman–Crippen LogP) is 6.63. The van der Waals surface area contributed by atoms with Gasteiger partial charge in [0.15, 0.2) is 0 Å². The average Bonchev–Trinajstić information content (AvgIpc) is 2.86. The fourth-order valence-corrected chi connectivity index (χ4v) is 7.59. The zero-order valence-corrected chi connectivity index (χ0v) is 30.4. The number of piperazine rings is 1. The fourth-order valence-electron chi connectivity index (χ4n) is 7.59. The van der Waals surface area contributed by atoms with E-state index in [4.69, 9.17) is 9.47 Å². The van der Waals surface area contributed by atoms with Gasteiger partial charge in [-0.1, -0.05) is 53.7 Å². The summed E-state index contributed by atoms with van der Waals surface area (Å²) in [6, 6.07) is 8.63. The molecule has 0 atom stereocenters. The molecule has 44 heavy (non-hydrogen) atoms. The maximum absolute atomic E-state index is 6.50. The van der Waals surface area contributed by atoms with Crippen molar-refractivity contribution in [3.63, 3.8) is 0 Å². The van der Waals surface area contributed by atoms with Gasteiger partial charge in [0.05, 0.1) is 18.8 Å². The van der Waals surface area contributed by atoms with Crippen molar-refractivity contribution in [3.8, 4) is 5.75 Å². The normalized spacial score (nSPS) is 21.0. The topological polar surface area (TPSA) is 31.4 Å². The summed E-state index contributed by atoms with van der Waals surface area (Å²) >= 11 is 0. The van der Waals surface area contributed by atoms with Crippen LogP contribution in [0.15, 0.2) is 24.3 Å². The van der Waals surface area contributed by atoms with Gasteiger partial charge >= 0.3 is 0 Å². The lowest BCUT2D eigenvalue weighted by molar-refractivity contribution is -0.0772. The van der Waals surface area contributed by atoms with Gasteiger partial charge in [0.2, 0.25) is 0 Å². The second-order valence-corrected chi connectivity index (χ2v) is 17.9. The smallest absolute Gasteiger partial charge is 0.119 e. The molecule has 0 unspecified atom stereocenters. The van der Waals surface area contributed by atoms with E-state index >= 15 is 0 Å². The molecule has 0 amide bonds. The fraction of sp³-hybridized carbons (Fsp3) is 0.842. The maximum atomic E-state index is 6.50. The molecule has 0 N–H and O–H groups in total. The first-order valence-electron chi connectivity index (χ1n) is 17.8. The number of benzene rings is 1. The van der Waals surface area contributed by atoms with E-state index in [-0.39, 0.29) is 16.6 Å². The zero-order chi connectivity index (χ0) is 32.2. The quantitative estimate of drug-likeness (QED) is 0.221. The van der Waals surface area contributed by atoms with E-state index < -0.39 is 0 Å². The number of ether oxygens (including phenoxy) is 2. The van der Waals surface area contributed by atoms with Crippen LogP contribution in [0, 0.1) is 17.3 Å². The van der Waals surface area contributed by atoms with Crippen molar-refractivity contribution in [2.45, 2.75) is 105 Å². The highest BCUT2D eigenvalue weighted by Gasteiger charge is 2.37. The molecule has 6 heteroatoms. The molecular weight excluding hydrogens is 544 g/mol. The van der Waals surface area contributed by atoms with E-state index in [0.717, 1.165) is 50.9 Å². The Morgan fingerprint density at radius 1 is 0.705 bits per heavy atom. The molecule has 0 spiro atoms. The van der Waals surface area contributed by atoms with Gasteiger partial charge in [-0.3, -0.25) is 4.90 Å². The molecule has 0 aliphatic carbocycles. The third-order valence-electron chi connectivity index (χ3n) is 10.2. The molecule has 0 saturated carbocycles. The average molecular weight is 613 g/mol.